The summed E-state index contributed by atoms with van der Waals surface area (Å²) in [5.41, 5.74) is 0. The molecule has 0 aliphatic rings. The Bertz CT molecular complexity index is 174. The summed E-state index contributed by atoms with van der Waals surface area (Å²) in [6, 6.07) is 0. The van der Waals surface area contributed by atoms with Gasteiger partial charge >= 0.3 is 0 Å². The molecule has 0 aromatic rings. The lowest BCUT2D eigenvalue weighted by Gasteiger charge is -2.06. The summed E-state index contributed by atoms with van der Waals surface area (Å²) in [5.74, 6) is 0.910. The first kappa shape index (κ1) is 17.7. The Kier molecular flexibility index (Phi) is 14.5. The summed E-state index contributed by atoms with van der Waals surface area (Å²) in [6.45, 7) is 4.99. The molecule has 1 heteroatoms. The van der Waals surface area contributed by atoms with Crippen molar-refractivity contribution in [2.45, 2.75) is 84.5 Å². The van der Waals surface area contributed by atoms with Crippen LogP contribution < -0.4 is 0 Å². The molecule has 0 radical (unpaired) electrons. The molecule has 0 unspecified atom stereocenters. The van der Waals surface area contributed by atoms with Crippen molar-refractivity contribution < 1.29 is 5.11 Å². The van der Waals surface area contributed by atoms with Gasteiger partial charge in [-0.15, -0.1) is 0 Å². The normalized spacial score (nSPS) is 13.3. The van der Waals surface area contributed by atoms with E-state index in [4.69, 9.17) is 5.11 Å². The van der Waals surface area contributed by atoms with Crippen molar-refractivity contribution in [3.8, 4) is 0 Å². The molecule has 0 saturated carbocycles. The number of hydrogen-bond donors (Lipinski definition) is 1. The van der Waals surface area contributed by atoms with E-state index in [9.17, 15) is 0 Å². The highest BCUT2D eigenvalue weighted by Gasteiger charge is 1.96. The molecule has 0 heterocycles. The van der Waals surface area contributed by atoms with E-state index in [-0.39, 0.29) is 0 Å². The number of rotatable bonds is 13. The minimum Gasteiger partial charge on any atom is -0.396 e. The van der Waals surface area contributed by atoms with Gasteiger partial charge in [-0.25, -0.2) is 0 Å². The highest BCUT2D eigenvalue weighted by molar-refractivity contribution is 4.81. The molecule has 1 N–H and O–H groups in total. The molecule has 0 aromatic heterocycles. The molecule has 0 saturated heterocycles. The van der Waals surface area contributed by atoms with Gasteiger partial charge in [0.2, 0.25) is 0 Å². The topological polar surface area (TPSA) is 20.2 Å². The summed E-state index contributed by atoms with van der Waals surface area (Å²) in [6.07, 6.45) is 18.8. The molecule has 0 bridgehead atoms. The van der Waals surface area contributed by atoms with Crippen LogP contribution in [0, 0.1) is 5.92 Å². The highest BCUT2D eigenvalue weighted by Crippen LogP contribution is 2.12. The standard InChI is InChI=1S/C17H34O/c1-3-17(2)15-13-11-9-7-5-4-6-8-10-12-14-16-18/h5,7,17-18H,3-4,6,8-16H2,1-2H3/b7-5-/t17-/m1/s1. The molecule has 0 rings (SSSR count). The van der Waals surface area contributed by atoms with Crippen LogP contribution >= 0.6 is 0 Å². The fourth-order valence-electron chi connectivity index (χ4n) is 2.10. The maximum absolute atomic E-state index is 8.65. The SMILES string of the molecule is CC[C@@H](C)CCCC/C=C\CCCCCCCO. The summed E-state index contributed by atoms with van der Waals surface area (Å²) in [5, 5.41) is 8.65. The van der Waals surface area contributed by atoms with Crippen molar-refractivity contribution in [2.24, 2.45) is 5.92 Å². The zero-order chi connectivity index (χ0) is 13.5. The highest BCUT2D eigenvalue weighted by atomic mass is 16.2. The van der Waals surface area contributed by atoms with Crippen LogP contribution in [0.25, 0.3) is 0 Å². The lowest BCUT2D eigenvalue weighted by atomic mass is 10.0. The van der Waals surface area contributed by atoms with E-state index in [2.05, 4.69) is 26.0 Å². The Balaban J connectivity index is 3.09. The maximum Gasteiger partial charge on any atom is 0.0431 e. The van der Waals surface area contributed by atoms with Crippen molar-refractivity contribution in [2.75, 3.05) is 6.61 Å². The quantitative estimate of drug-likeness (QED) is 0.341. The van der Waals surface area contributed by atoms with Gasteiger partial charge in [-0.1, -0.05) is 64.5 Å². The van der Waals surface area contributed by atoms with Crippen LogP contribution in [0.15, 0.2) is 12.2 Å². The van der Waals surface area contributed by atoms with Gasteiger partial charge in [0.1, 0.15) is 0 Å². The molecular weight excluding hydrogens is 220 g/mol. The molecule has 18 heavy (non-hydrogen) atoms. The summed E-state index contributed by atoms with van der Waals surface area (Å²) < 4.78 is 0. The van der Waals surface area contributed by atoms with Gasteiger partial charge in [-0.3, -0.25) is 0 Å². The van der Waals surface area contributed by atoms with Crippen molar-refractivity contribution >= 4 is 0 Å². The van der Waals surface area contributed by atoms with E-state index in [1.165, 1.54) is 64.2 Å². The molecule has 1 nitrogen and oxygen atoms in total. The van der Waals surface area contributed by atoms with Crippen LogP contribution in [0.5, 0.6) is 0 Å². The average Bonchev–Trinajstić information content (AvgIpc) is 2.39. The molecule has 0 aromatic carbocycles. The Morgan fingerprint density at radius 2 is 1.39 bits per heavy atom. The van der Waals surface area contributed by atoms with Gasteiger partial charge in [-0.2, -0.15) is 0 Å². The molecule has 0 amide bonds. The maximum atomic E-state index is 8.65. The van der Waals surface area contributed by atoms with Crippen molar-refractivity contribution in [3.05, 3.63) is 12.2 Å². The van der Waals surface area contributed by atoms with E-state index in [0.717, 1.165) is 12.3 Å². The van der Waals surface area contributed by atoms with E-state index in [1.807, 2.05) is 0 Å². The summed E-state index contributed by atoms with van der Waals surface area (Å²) >= 11 is 0. The second-order valence-electron chi connectivity index (χ2n) is 5.55. The first-order valence-corrected chi connectivity index (χ1v) is 8.07. The van der Waals surface area contributed by atoms with Crippen LogP contribution in [0.3, 0.4) is 0 Å². The minimum absolute atomic E-state index is 0.358. The molecule has 0 spiro atoms. The van der Waals surface area contributed by atoms with Crippen molar-refractivity contribution in [1.29, 1.82) is 0 Å². The largest absolute Gasteiger partial charge is 0.396 e. The number of allylic oxidation sites excluding steroid dienone is 2. The third-order valence-electron chi connectivity index (χ3n) is 3.71. The van der Waals surface area contributed by atoms with Gasteiger partial charge in [0.15, 0.2) is 0 Å². The number of aliphatic hydroxyl groups is 1. The predicted octanol–water partition coefficient (Wildman–Crippen LogP) is 5.48. The predicted molar refractivity (Wildman–Crippen MR) is 81.9 cm³/mol. The molecule has 0 aliphatic carbocycles. The van der Waals surface area contributed by atoms with Gasteiger partial charge in [0, 0.05) is 6.61 Å². The lowest BCUT2D eigenvalue weighted by Crippen LogP contribution is -1.90. The zero-order valence-electron chi connectivity index (χ0n) is 12.7. The summed E-state index contributed by atoms with van der Waals surface area (Å²) in [4.78, 5) is 0. The smallest absolute Gasteiger partial charge is 0.0431 e. The Hall–Kier alpha value is -0.300. The third-order valence-corrected chi connectivity index (χ3v) is 3.71. The second-order valence-corrected chi connectivity index (χ2v) is 5.55. The van der Waals surface area contributed by atoms with Crippen LogP contribution in [0.1, 0.15) is 84.5 Å². The van der Waals surface area contributed by atoms with Gasteiger partial charge in [-0.05, 0) is 38.0 Å². The van der Waals surface area contributed by atoms with E-state index >= 15 is 0 Å². The van der Waals surface area contributed by atoms with Gasteiger partial charge in [0.05, 0.1) is 0 Å². The van der Waals surface area contributed by atoms with Crippen molar-refractivity contribution in [3.63, 3.8) is 0 Å². The van der Waals surface area contributed by atoms with Crippen LogP contribution in [-0.2, 0) is 0 Å². The third kappa shape index (κ3) is 13.8. The zero-order valence-corrected chi connectivity index (χ0v) is 12.7. The first-order chi connectivity index (χ1) is 8.81. The first-order valence-electron chi connectivity index (χ1n) is 8.07. The number of unbranched alkanes of at least 4 members (excludes halogenated alkanes) is 7. The van der Waals surface area contributed by atoms with Gasteiger partial charge in [0.25, 0.3) is 0 Å². The fourth-order valence-corrected chi connectivity index (χ4v) is 2.10. The second kappa shape index (κ2) is 14.8. The molecular formula is C17H34O. The summed E-state index contributed by atoms with van der Waals surface area (Å²) in [7, 11) is 0. The average molecular weight is 254 g/mol. The van der Waals surface area contributed by atoms with Gasteiger partial charge < -0.3 is 5.11 Å². The van der Waals surface area contributed by atoms with E-state index in [1.54, 1.807) is 0 Å². The lowest BCUT2D eigenvalue weighted by molar-refractivity contribution is 0.282. The molecule has 0 fully saturated rings. The number of hydrogen-bond acceptors (Lipinski definition) is 1. The molecule has 108 valence electrons. The molecule has 0 aliphatic heterocycles. The monoisotopic (exact) mass is 254 g/mol. The van der Waals surface area contributed by atoms with Crippen LogP contribution in [0.4, 0.5) is 0 Å². The van der Waals surface area contributed by atoms with Crippen molar-refractivity contribution in [1.82, 2.24) is 0 Å². The Morgan fingerprint density at radius 3 is 2.00 bits per heavy atom. The van der Waals surface area contributed by atoms with Crippen LogP contribution in [0.2, 0.25) is 0 Å². The Labute approximate surface area is 115 Å². The Morgan fingerprint density at radius 1 is 0.833 bits per heavy atom. The number of aliphatic hydroxyl groups excluding tert-OH is 1. The molecule has 1 atom stereocenters. The van der Waals surface area contributed by atoms with E-state index in [0.29, 0.717) is 6.61 Å². The fraction of sp³-hybridized carbons (Fsp3) is 0.882. The van der Waals surface area contributed by atoms with E-state index < -0.39 is 0 Å². The van der Waals surface area contributed by atoms with Crippen LogP contribution in [-0.4, -0.2) is 11.7 Å². The minimum atomic E-state index is 0.358.